The van der Waals surface area contributed by atoms with Crippen LogP contribution in [0.4, 0.5) is 0 Å². The topological polar surface area (TPSA) is 48.5 Å². The summed E-state index contributed by atoms with van der Waals surface area (Å²) in [6, 6.07) is 22.0. The summed E-state index contributed by atoms with van der Waals surface area (Å²) >= 11 is 0. The summed E-state index contributed by atoms with van der Waals surface area (Å²) in [4.78, 5) is 9.03. The minimum Gasteiger partial charge on any atom is -0.373 e. The summed E-state index contributed by atoms with van der Waals surface area (Å²) < 4.78 is 3.91. The van der Waals surface area contributed by atoms with E-state index in [1.54, 1.807) is 6.33 Å². The van der Waals surface area contributed by atoms with E-state index in [2.05, 4.69) is 71.4 Å². The molecule has 0 aliphatic heterocycles. The van der Waals surface area contributed by atoms with Crippen LogP contribution in [0.15, 0.2) is 67.3 Å². The second-order valence-electron chi connectivity index (χ2n) is 7.26. The number of aryl methyl sites for hydroxylation is 3. The van der Waals surface area contributed by atoms with E-state index in [0.717, 1.165) is 39.2 Å². The van der Waals surface area contributed by atoms with E-state index in [4.69, 9.17) is 0 Å². The minimum atomic E-state index is 0. The van der Waals surface area contributed by atoms with Gasteiger partial charge in [0.25, 0.3) is 0 Å². The summed E-state index contributed by atoms with van der Waals surface area (Å²) in [6.07, 6.45) is 3.41. The number of imidazole rings is 1. The number of nitrogens with zero attached hydrogens (tertiary/aromatic N) is 5. The van der Waals surface area contributed by atoms with Gasteiger partial charge in [0.2, 0.25) is 0 Å². The van der Waals surface area contributed by atoms with Gasteiger partial charge in [-0.2, -0.15) is 5.10 Å². The van der Waals surface area contributed by atoms with Crippen molar-refractivity contribution in [1.29, 1.82) is 0 Å². The van der Waals surface area contributed by atoms with E-state index in [-0.39, 0.29) is 20.1 Å². The Kier molecular flexibility index (Phi) is 5.37. The zero-order chi connectivity index (χ0) is 20.0. The molecule has 0 bridgehead atoms. The Hall–Kier alpha value is -3.08. The molecule has 5 aromatic rings. The molecule has 0 aliphatic rings. The normalized spacial score (nSPS) is 10.9. The van der Waals surface area contributed by atoms with E-state index in [0.29, 0.717) is 0 Å². The van der Waals surface area contributed by atoms with Crippen LogP contribution >= 0.6 is 0 Å². The molecule has 0 spiro atoms. The molecule has 2 heterocycles. The van der Waals surface area contributed by atoms with Crippen LogP contribution in [0.25, 0.3) is 39.2 Å². The predicted octanol–water partition coefficient (Wildman–Crippen LogP) is 4.90. The standard InChI is InChI=1S/C24H20N5.Ir/c1-16-12-19(18-8-5-4-6-9-18)13-17(2)22(16)29-24(25-14-27-29)20-10-7-11-21-23(20)28(3)15-26-21;/h4-9,11-15H,1-3H3;/q-1;. The molecule has 0 unspecified atom stereocenters. The molecule has 0 atom stereocenters. The van der Waals surface area contributed by atoms with Crippen LogP contribution in [0.1, 0.15) is 11.1 Å². The molecule has 0 saturated heterocycles. The molecule has 1 radical (unpaired) electrons. The first-order valence-corrected chi connectivity index (χ1v) is 9.52. The van der Waals surface area contributed by atoms with Crippen molar-refractivity contribution in [3.05, 3.63) is 84.4 Å². The molecular formula is C24H20IrN5-. The van der Waals surface area contributed by atoms with Gasteiger partial charge in [-0.3, -0.25) is 14.6 Å². The van der Waals surface area contributed by atoms with Crippen molar-refractivity contribution in [3.8, 4) is 28.2 Å². The fourth-order valence-electron chi connectivity index (χ4n) is 3.98. The summed E-state index contributed by atoms with van der Waals surface area (Å²) in [7, 11) is 1.98. The van der Waals surface area contributed by atoms with E-state index >= 15 is 0 Å². The van der Waals surface area contributed by atoms with E-state index in [9.17, 15) is 0 Å². The van der Waals surface area contributed by atoms with Gasteiger partial charge < -0.3 is 4.57 Å². The third-order valence-corrected chi connectivity index (χ3v) is 5.25. The van der Waals surface area contributed by atoms with E-state index in [1.165, 1.54) is 11.1 Å². The van der Waals surface area contributed by atoms with Crippen LogP contribution in [-0.2, 0) is 27.2 Å². The van der Waals surface area contributed by atoms with Gasteiger partial charge in [-0.1, -0.05) is 35.9 Å². The fourth-order valence-corrected chi connectivity index (χ4v) is 3.98. The maximum Gasteiger partial charge on any atom is 0.127 e. The Morgan fingerprint density at radius 3 is 2.37 bits per heavy atom. The van der Waals surface area contributed by atoms with Crippen LogP contribution < -0.4 is 0 Å². The first-order chi connectivity index (χ1) is 14.1. The van der Waals surface area contributed by atoms with Crippen molar-refractivity contribution in [2.24, 2.45) is 7.05 Å². The number of hydrogen-bond acceptors (Lipinski definition) is 3. The predicted molar refractivity (Wildman–Crippen MR) is 115 cm³/mol. The Morgan fingerprint density at radius 1 is 0.900 bits per heavy atom. The number of benzene rings is 3. The van der Waals surface area contributed by atoms with Gasteiger partial charge in [-0.15, -0.1) is 18.2 Å². The zero-order valence-electron chi connectivity index (χ0n) is 16.9. The maximum absolute atomic E-state index is 4.58. The van der Waals surface area contributed by atoms with Gasteiger partial charge in [-0.25, -0.2) is 0 Å². The van der Waals surface area contributed by atoms with Crippen LogP contribution in [0.5, 0.6) is 0 Å². The number of rotatable bonds is 3. The largest absolute Gasteiger partial charge is 0.373 e. The summed E-state index contributed by atoms with van der Waals surface area (Å²) in [5.74, 6) is 0.762. The van der Waals surface area contributed by atoms with Gasteiger partial charge >= 0.3 is 0 Å². The maximum atomic E-state index is 4.58. The van der Waals surface area contributed by atoms with Gasteiger partial charge in [0.15, 0.2) is 0 Å². The molecule has 0 fully saturated rings. The molecule has 0 saturated carbocycles. The molecule has 151 valence electrons. The Balaban J connectivity index is 0.00000218. The van der Waals surface area contributed by atoms with Crippen molar-refractivity contribution in [2.45, 2.75) is 13.8 Å². The molecule has 3 aromatic carbocycles. The summed E-state index contributed by atoms with van der Waals surface area (Å²) in [5, 5.41) is 4.56. The number of aromatic nitrogens is 5. The van der Waals surface area contributed by atoms with Crippen LogP contribution in [0.2, 0.25) is 0 Å². The molecule has 6 heteroatoms. The van der Waals surface area contributed by atoms with Crippen molar-refractivity contribution in [3.63, 3.8) is 0 Å². The third kappa shape index (κ3) is 3.28. The SMILES string of the molecule is Cc1cc(-c2ccccc2)cc(C)c1-n1ncnc1-c1[c-]ccc2ncn(C)c12.[Ir]. The van der Waals surface area contributed by atoms with Gasteiger partial charge in [0.1, 0.15) is 6.33 Å². The third-order valence-electron chi connectivity index (χ3n) is 5.25. The van der Waals surface area contributed by atoms with E-state index in [1.807, 2.05) is 40.8 Å². The first-order valence-electron chi connectivity index (χ1n) is 9.52. The van der Waals surface area contributed by atoms with Gasteiger partial charge in [0.05, 0.1) is 17.8 Å². The van der Waals surface area contributed by atoms with Crippen molar-refractivity contribution in [2.75, 3.05) is 0 Å². The smallest absolute Gasteiger partial charge is 0.127 e. The fraction of sp³-hybridized carbons (Fsp3) is 0.125. The average Bonchev–Trinajstić information content (AvgIpc) is 3.35. The first kappa shape index (κ1) is 20.2. The zero-order valence-corrected chi connectivity index (χ0v) is 19.3. The Bertz CT molecular complexity index is 1310. The summed E-state index contributed by atoms with van der Waals surface area (Å²) in [6.45, 7) is 4.24. The van der Waals surface area contributed by atoms with Gasteiger partial charge in [0, 0.05) is 32.7 Å². The Morgan fingerprint density at radius 2 is 1.63 bits per heavy atom. The van der Waals surface area contributed by atoms with Crippen LogP contribution in [0, 0.1) is 19.9 Å². The van der Waals surface area contributed by atoms with E-state index < -0.39 is 0 Å². The monoisotopic (exact) mass is 571 g/mol. The number of fused-ring (bicyclic) bond motifs is 1. The Labute approximate surface area is 188 Å². The summed E-state index contributed by atoms with van der Waals surface area (Å²) in [5.41, 5.74) is 8.56. The molecule has 5 rings (SSSR count). The van der Waals surface area contributed by atoms with Crippen molar-refractivity contribution < 1.29 is 20.1 Å². The quantitative estimate of drug-likeness (QED) is 0.290. The molecule has 0 aliphatic carbocycles. The second kappa shape index (κ2) is 7.98. The molecular weight excluding hydrogens is 551 g/mol. The molecule has 0 N–H and O–H groups in total. The average molecular weight is 571 g/mol. The number of hydrogen-bond donors (Lipinski definition) is 0. The molecule has 5 nitrogen and oxygen atoms in total. The minimum absolute atomic E-state index is 0. The van der Waals surface area contributed by atoms with Crippen LogP contribution in [0.3, 0.4) is 0 Å². The van der Waals surface area contributed by atoms with Crippen molar-refractivity contribution in [1.82, 2.24) is 24.3 Å². The van der Waals surface area contributed by atoms with Crippen molar-refractivity contribution >= 4 is 11.0 Å². The molecule has 30 heavy (non-hydrogen) atoms. The van der Waals surface area contributed by atoms with Gasteiger partial charge in [-0.05, 0) is 53.8 Å². The molecule has 2 aromatic heterocycles. The molecule has 0 amide bonds. The second-order valence-corrected chi connectivity index (χ2v) is 7.26. The van der Waals surface area contributed by atoms with Crippen LogP contribution in [-0.4, -0.2) is 24.3 Å².